The van der Waals surface area contributed by atoms with E-state index in [-0.39, 0.29) is 47.1 Å². The summed E-state index contributed by atoms with van der Waals surface area (Å²) in [5, 5.41) is 21.6. The monoisotopic (exact) mass is 434 g/mol. The number of ether oxygens (including phenoxy) is 2. The highest BCUT2D eigenvalue weighted by molar-refractivity contribution is 5.96. The summed E-state index contributed by atoms with van der Waals surface area (Å²) in [7, 11) is 0. The molecule has 31 heavy (non-hydrogen) atoms. The van der Waals surface area contributed by atoms with Gasteiger partial charge in [-0.05, 0) is 44.2 Å². The molecule has 0 radical (unpaired) electrons. The second-order valence-electron chi connectivity index (χ2n) is 6.73. The van der Waals surface area contributed by atoms with E-state index in [1.807, 2.05) is 0 Å². The molecule has 0 atom stereocenters. The fourth-order valence-corrected chi connectivity index (χ4v) is 2.68. The molecule has 1 aromatic heterocycles. The lowest BCUT2D eigenvalue weighted by Crippen LogP contribution is -2.23. The third-order valence-corrected chi connectivity index (χ3v) is 3.98. The zero-order valence-corrected chi connectivity index (χ0v) is 16.6. The van der Waals surface area contributed by atoms with Crippen LogP contribution in [0.2, 0.25) is 0 Å². The molecule has 0 saturated carbocycles. The zero-order valence-electron chi connectivity index (χ0n) is 16.6. The van der Waals surface area contributed by atoms with Crippen molar-refractivity contribution in [3.05, 3.63) is 53.9 Å². The Bertz CT molecular complexity index is 1070. The Hall–Kier alpha value is -3.82. The number of carbonyl (C=O) groups excluding carboxylic acids is 1. The van der Waals surface area contributed by atoms with Crippen LogP contribution in [0, 0.1) is 0 Å². The van der Waals surface area contributed by atoms with Crippen molar-refractivity contribution in [2.45, 2.75) is 33.1 Å². The number of oxazole rings is 1. The molecular weight excluding hydrogens is 414 g/mol. The summed E-state index contributed by atoms with van der Waals surface area (Å²) >= 11 is 0. The van der Waals surface area contributed by atoms with E-state index in [4.69, 9.17) is 9.15 Å². The van der Waals surface area contributed by atoms with Gasteiger partial charge >= 0.3 is 6.61 Å². The second-order valence-corrected chi connectivity index (χ2v) is 6.73. The van der Waals surface area contributed by atoms with Gasteiger partial charge < -0.3 is 29.4 Å². The number of carbonyl (C=O) groups is 1. The van der Waals surface area contributed by atoms with Crippen LogP contribution in [-0.4, -0.2) is 33.8 Å². The van der Waals surface area contributed by atoms with Crippen molar-refractivity contribution >= 4 is 5.91 Å². The minimum Gasteiger partial charge on any atom is -0.508 e. The average Bonchev–Trinajstić information content (AvgIpc) is 3.16. The fraction of sp³-hybridized carbons (Fsp3) is 0.238. The molecule has 0 unspecified atom stereocenters. The highest BCUT2D eigenvalue weighted by Crippen LogP contribution is 2.34. The van der Waals surface area contributed by atoms with Crippen LogP contribution >= 0.6 is 0 Å². The minimum atomic E-state index is -3.00. The highest BCUT2D eigenvalue weighted by Gasteiger charge is 2.17. The van der Waals surface area contributed by atoms with Gasteiger partial charge in [0, 0.05) is 11.6 Å². The first-order chi connectivity index (χ1) is 14.7. The maximum Gasteiger partial charge on any atom is 0.387 e. The molecular formula is C21H20F2N2O6. The summed E-state index contributed by atoms with van der Waals surface area (Å²) in [6, 6.07) is 7.92. The Kier molecular flexibility index (Phi) is 6.58. The normalized spacial score (nSPS) is 11.0. The lowest BCUT2D eigenvalue weighted by molar-refractivity contribution is -0.0518. The molecule has 1 amide bonds. The molecule has 3 N–H and O–H groups in total. The first-order valence-electron chi connectivity index (χ1n) is 9.23. The van der Waals surface area contributed by atoms with Gasteiger partial charge in [0.2, 0.25) is 5.89 Å². The van der Waals surface area contributed by atoms with Gasteiger partial charge in [0.15, 0.2) is 11.5 Å². The third kappa shape index (κ3) is 5.62. The predicted octanol–water partition coefficient (Wildman–Crippen LogP) is 4.07. The number of nitrogens with one attached hydrogen (secondary N) is 1. The fourth-order valence-electron chi connectivity index (χ4n) is 2.68. The summed E-state index contributed by atoms with van der Waals surface area (Å²) < 4.78 is 40.7. The standard InChI is InChI=1S/C21H20F2N2O6/c1-11(2)30-18-7-12(3-6-17(18)31-21(22)23)20-25-13(10-29-20)9-24-19(28)15-5-4-14(26)8-16(15)27/h3-8,10-11,21,26-27H,9H2,1-2H3,(H,24,28). The molecule has 0 fully saturated rings. The van der Waals surface area contributed by atoms with Crippen LogP contribution < -0.4 is 14.8 Å². The number of hydrogen-bond donors (Lipinski definition) is 3. The lowest BCUT2D eigenvalue weighted by Gasteiger charge is -2.15. The van der Waals surface area contributed by atoms with Gasteiger partial charge in [-0.3, -0.25) is 4.79 Å². The summed E-state index contributed by atoms with van der Waals surface area (Å²) in [5.41, 5.74) is 0.846. The van der Waals surface area contributed by atoms with Crippen molar-refractivity contribution < 1.29 is 37.7 Å². The predicted molar refractivity (Wildman–Crippen MR) is 105 cm³/mol. The van der Waals surface area contributed by atoms with Crippen LogP contribution in [0.4, 0.5) is 8.78 Å². The van der Waals surface area contributed by atoms with Gasteiger partial charge in [-0.15, -0.1) is 0 Å². The molecule has 0 aliphatic heterocycles. The molecule has 0 aliphatic rings. The van der Waals surface area contributed by atoms with Crippen molar-refractivity contribution in [3.63, 3.8) is 0 Å². The Labute approximate surface area is 176 Å². The Balaban J connectivity index is 1.73. The summed E-state index contributed by atoms with van der Waals surface area (Å²) in [6.45, 7) is 0.503. The smallest absolute Gasteiger partial charge is 0.387 e. The second kappa shape index (κ2) is 9.33. The highest BCUT2D eigenvalue weighted by atomic mass is 19.3. The van der Waals surface area contributed by atoms with Crippen LogP contribution in [0.25, 0.3) is 11.5 Å². The van der Waals surface area contributed by atoms with E-state index in [1.54, 1.807) is 13.8 Å². The van der Waals surface area contributed by atoms with E-state index in [9.17, 15) is 23.8 Å². The van der Waals surface area contributed by atoms with E-state index < -0.39 is 12.5 Å². The maximum atomic E-state index is 12.6. The van der Waals surface area contributed by atoms with Crippen LogP contribution in [-0.2, 0) is 6.54 Å². The van der Waals surface area contributed by atoms with Gasteiger partial charge in [0.05, 0.1) is 23.9 Å². The number of hydrogen-bond acceptors (Lipinski definition) is 7. The van der Waals surface area contributed by atoms with Gasteiger partial charge in [-0.2, -0.15) is 8.78 Å². The number of aromatic nitrogens is 1. The minimum absolute atomic E-state index is 0.00454. The van der Waals surface area contributed by atoms with Crippen molar-refractivity contribution in [1.82, 2.24) is 10.3 Å². The van der Waals surface area contributed by atoms with E-state index >= 15 is 0 Å². The first kappa shape index (κ1) is 21.9. The first-order valence-corrected chi connectivity index (χ1v) is 9.23. The maximum absolute atomic E-state index is 12.6. The number of phenols is 2. The topological polar surface area (TPSA) is 114 Å². The number of benzene rings is 2. The number of amides is 1. The molecule has 10 heteroatoms. The lowest BCUT2D eigenvalue weighted by atomic mass is 10.2. The number of rotatable bonds is 8. The van der Waals surface area contributed by atoms with E-state index in [0.717, 1.165) is 6.07 Å². The van der Waals surface area contributed by atoms with Gasteiger partial charge in [-0.25, -0.2) is 4.98 Å². The Morgan fingerprint density at radius 2 is 1.90 bits per heavy atom. The van der Waals surface area contributed by atoms with Crippen LogP contribution in [0.1, 0.15) is 29.9 Å². The molecule has 1 heterocycles. The average molecular weight is 434 g/mol. The summed E-state index contributed by atoms with van der Waals surface area (Å²) in [6.07, 6.45) is 1.06. The Morgan fingerprint density at radius 1 is 1.13 bits per heavy atom. The van der Waals surface area contributed by atoms with Crippen molar-refractivity contribution in [2.75, 3.05) is 0 Å². The summed E-state index contributed by atoms with van der Waals surface area (Å²) in [5.74, 6) is -0.899. The molecule has 0 spiro atoms. The molecule has 3 rings (SSSR count). The van der Waals surface area contributed by atoms with E-state index in [2.05, 4.69) is 15.0 Å². The van der Waals surface area contributed by atoms with Crippen molar-refractivity contribution in [2.24, 2.45) is 0 Å². The number of halogens is 2. The zero-order chi connectivity index (χ0) is 22.5. The van der Waals surface area contributed by atoms with Gasteiger partial charge in [0.25, 0.3) is 5.91 Å². The van der Waals surface area contributed by atoms with E-state index in [0.29, 0.717) is 11.3 Å². The van der Waals surface area contributed by atoms with E-state index in [1.165, 1.54) is 36.6 Å². The van der Waals surface area contributed by atoms with Crippen molar-refractivity contribution in [3.8, 4) is 34.5 Å². The summed E-state index contributed by atoms with van der Waals surface area (Å²) in [4.78, 5) is 16.5. The van der Waals surface area contributed by atoms with Gasteiger partial charge in [-0.1, -0.05) is 0 Å². The van der Waals surface area contributed by atoms with Crippen molar-refractivity contribution in [1.29, 1.82) is 0 Å². The van der Waals surface area contributed by atoms with Crippen LogP contribution in [0.15, 0.2) is 47.1 Å². The molecule has 0 bridgehead atoms. The molecule has 8 nitrogen and oxygen atoms in total. The van der Waals surface area contributed by atoms with Gasteiger partial charge in [0.1, 0.15) is 17.8 Å². The van der Waals surface area contributed by atoms with Crippen LogP contribution in [0.5, 0.6) is 23.0 Å². The number of aromatic hydroxyl groups is 2. The molecule has 0 aliphatic carbocycles. The number of alkyl halides is 2. The quantitative estimate of drug-likeness (QED) is 0.490. The number of nitrogens with zero attached hydrogens (tertiary/aromatic N) is 1. The molecule has 2 aromatic carbocycles. The SMILES string of the molecule is CC(C)Oc1cc(-c2nc(CNC(=O)c3ccc(O)cc3O)co2)ccc1OC(F)F. The number of phenolic OH excluding ortho intramolecular Hbond substituents is 2. The molecule has 3 aromatic rings. The van der Waals surface area contributed by atoms with Crippen LogP contribution in [0.3, 0.4) is 0 Å². The molecule has 0 saturated heterocycles. The Morgan fingerprint density at radius 3 is 2.58 bits per heavy atom. The largest absolute Gasteiger partial charge is 0.508 e. The molecule has 164 valence electrons. The third-order valence-electron chi connectivity index (χ3n) is 3.98.